The van der Waals surface area contributed by atoms with Crippen LogP contribution < -0.4 is 10.1 Å². The second kappa shape index (κ2) is 6.90. The molecule has 0 atom stereocenters. The standard InChI is InChI=1S/C20H25N3O2/c1-23-19(17-8-4-5-9-18(17)22-23)20(24)21-14-10-12-16(13-11-14)25-15-6-2-3-7-15/h10-13,15H,2-9H2,1H3,(H,21,24). The number of amides is 1. The van der Waals surface area contributed by atoms with Crippen molar-refractivity contribution in [2.75, 3.05) is 5.32 Å². The smallest absolute Gasteiger partial charge is 0.274 e. The highest BCUT2D eigenvalue weighted by atomic mass is 16.5. The Kier molecular flexibility index (Phi) is 4.47. The summed E-state index contributed by atoms with van der Waals surface area (Å²) in [5.41, 5.74) is 3.68. The summed E-state index contributed by atoms with van der Waals surface area (Å²) in [4.78, 5) is 12.7. The molecule has 5 heteroatoms. The van der Waals surface area contributed by atoms with Crippen molar-refractivity contribution < 1.29 is 9.53 Å². The lowest BCUT2D eigenvalue weighted by Crippen LogP contribution is -2.18. The molecule has 132 valence electrons. The number of aryl methyl sites for hydroxylation is 2. The van der Waals surface area contributed by atoms with Crippen LogP contribution in [0.25, 0.3) is 0 Å². The summed E-state index contributed by atoms with van der Waals surface area (Å²) in [6.07, 6.45) is 9.36. The van der Waals surface area contributed by atoms with Crippen LogP contribution in [0.5, 0.6) is 5.75 Å². The normalized spacial score (nSPS) is 17.3. The molecule has 1 aromatic carbocycles. The second-order valence-corrected chi connectivity index (χ2v) is 7.11. The molecular weight excluding hydrogens is 314 g/mol. The van der Waals surface area contributed by atoms with Crippen molar-refractivity contribution in [3.63, 3.8) is 0 Å². The van der Waals surface area contributed by atoms with E-state index in [-0.39, 0.29) is 5.91 Å². The Labute approximate surface area is 148 Å². The molecular formula is C20H25N3O2. The number of fused-ring (bicyclic) bond motifs is 1. The highest BCUT2D eigenvalue weighted by molar-refractivity contribution is 6.04. The number of nitrogens with zero attached hydrogens (tertiary/aromatic N) is 2. The predicted molar refractivity (Wildman–Crippen MR) is 97.1 cm³/mol. The number of ether oxygens (including phenoxy) is 1. The molecule has 1 saturated carbocycles. The molecule has 0 unspecified atom stereocenters. The molecule has 5 nitrogen and oxygen atoms in total. The molecule has 1 heterocycles. The van der Waals surface area contributed by atoms with Crippen LogP contribution in [-0.2, 0) is 19.9 Å². The van der Waals surface area contributed by atoms with Crippen LogP contribution in [-0.4, -0.2) is 21.8 Å². The quantitative estimate of drug-likeness (QED) is 0.920. The van der Waals surface area contributed by atoms with Gasteiger partial charge in [0.05, 0.1) is 11.8 Å². The summed E-state index contributed by atoms with van der Waals surface area (Å²) < 4.78 is 7.70. The van der Waals surface area contributed by atoms with E-state index < -0.39 is 0 Å². The average molecular weight is 339 g/mol. The molecule has 4 rings (SSSR count). The van der Waals surface area contributed by atoms with Crippen molar-refractivity contribution in [1.29, 1.82) is 0 Å². The van der Waals surface area contributed by atoms with E-state index in [1.807, 2.05) is 31.3 Å². The molecule has 0 spiro atoms. The van der Waals surface area contributed by atoms with Crippen LogP contribution in [0.4, 0.5) is 5.69 Å². The van der Waals surface area contributed by atoms with E-state index in [1.165, 1.54) is 12.8 Å². The van der Waals surface area contributed by atoms with Gasteiger partial charge in [-0.3, -0.25) is 9.48 Å². The number of carbonyl (C=O) groups excluding carboxylic acids is 1. The third-order valence-electron chi connectivity index (χ3n) is 5.25. The Morgan fingerprint density at radius 3 is 2.60 bits per heavy atom. The summed E-state index contributed by atoms with van der Waals surface area (Å²) >= 11 is 0. The van der Waals surface area contributed by atoms with Crippen LogP contribution in [0.15, 0.2) is 24.3 Å². The van der Waals surface area contributed by atoms with E-state index in [2.05, 4.69) is 10.4 Å². The Hall–Kier alpha value is -2.30. The molecule has 2 aromatic rings. The third-order valence-corrected chi connectivity index (χ3v) is 5.25. The van der Waals surface area contributed by atoms with E-state index in [4.69, 9.17) is 4.74 Å². The molecule has 1 fully saturated rings. The van der Waals surface area contributed by atoms with Gasteiger partial charge in [-0.15, -0.1) is 0 Å². The van der Waals surface area contributed by atoms with Gasteiger partial charge < -0.3 is 10.1 Å². The van der Waals surface area contributed by atoms with E-state index in [0.29, 0.717) is 11.8 Å². The first kappa shape index (κ1) is 16.2. The monoisotopic (exact) mass is 339 g/mol. The summed E-state index contributed by atoms with van der Waals surface area (Å²) in [7, 11) is 1.85. The Morgan fingerprint density at radius 1 is 1.12 bits per heavy atom. The van der Waals surface area contributed by atoms with Crippen LogP contribution >= 0.6 is 0 Å². The zero-order valence-electron chi connectivity index (χ0n) is 14.8. The van der Waals surface area contributed by atoms with Gasteiger partial charge in [0, 0.05) is 18.3 Å². The zero-order chi connectivity index (χ0) is 17.2. The number of anilines is 1. The van der Waals surface area contributed by atoms with Gasteiger partial charge in [0.25, 0.3) is 5.91 Å². The largest absolute Gasteiger partial charge is 0.490 e. The molecule has 25 heavy (non-hydrogen) atoms. The molecule has 1 N–H and O–H groups in total. The van der Waals surface area contributed by atoms with Crippen LogP contribution in [0, 0.1) is 0 Å². The first-order valence-corrected chi connectivity index (χ1v) is 9.33. The van der Waals surface area contributed by atoms with Gasteiger partial charge in [0.15, 0.2) is 0 Å². The maximum absolute atomic E-state index is 12.7. The summed E-state index contributed by atoms with van der Waals surface area (Å²) in [5, 5.41) is 7.52. The fourth-order valence-corrected chi connectivity index (χ4v) is 3.97. The summed E-state index contributed by atoms with van der Waals surface area (Å²) in [5.74, 6) is 0.797. The predicted octanol–water partition coefficient (Wildman–Crippen LogP) is 3.87. The lowest BCUT2D eigenvalue weighted by atomic mass is 9.95. The highest BCUT2D eigenvalue weighted by Crippen LogP contribution is 2.26. The van der Waals surface area contributed by atoms with E-state index in [0.717, 1.165) is 61.2 Å². The maximum atomic E-state index is 12.7. The SMILES string of the molecule is Cn1nc2c(c1C(=O)Nc1ccc(OC3CCCC3)cc1)CCCC2. The molecule has 1 aromatic heterocycles. The van der Waals surface area contributed by atoms with Crippen molar-refractivity contribution >= 4 is 11.6 Å². The first-order valence-electron chi connectivity index (χ1n) is 9.33. The first-order chi connectivity index (χ1) is 12.2. The lowest BCUT2D eigenvalue weighted by molar-refractivity contribution is 0.101. The minimum absolute atomic E-state index is 0.0809. The van der Waals surface area contributed by atoms with Gasteiger partial charge in [0.2, 0.25) is 0 Å². The minimum atomic E-state index is -0.0809. The van der Waals surface area contributed by atoms with Crippen molar-refractivity contribution in [3.05, 3.63) is 41.2 Å². The van der Waals surface area contributed by atoms with Gasteiger partial charge in [-0.2, -0.15) is 5.10 Å². The molecule has 0 aliphatic heterocycles. The Morgan fingerprint density at radius 2 is 1.84 bits per heavy atom. The number of hydrogen-bond donors (Lipinski definition) is 1. The van der Waals surface area contributed by atoms with Crippen LogP contribution in [0.2, 0.25) is 0 Å². The van der Waals surface area contributed by atoms with Crippen molar-refractivity contribution in [1.82, 2.24) is 9.78 Å². The second-order valence-electron chi connectivity index (χ2n) is 7.11. The van der Waals surface area contributed by atoms with Gasteiger partial charge in [0.1, 0.15) is 11.4 Å². The van der Waals surface area contributed by atoms with E-state index >= 15 is 0 Å². The van der Waals surface area contributed by atoms with E-state index in [9.17, 15) is 4.79 Å². The molecule has 0 saturated heterocycles. The lowest BCUT2D eigenvalue weighted by Gasteiger charge is -2.14. The minimum Gasteiger partial charge on any atom is -0.490 e. The topological polar surface area (TPSA) is 56.2 Å². The van der Waals surface area contributed by atoms with Gasteiger partial charge in [-0.1, -0.05) is 0 Å². The number of rotatable bonds is 4. The number of nitrogens with one attached hydrogen (secondary N) is 1. The van der Waals surface area contributed by atoms with Gasteiger partial charge >= 0.3 is 0 Å². The van der Waals surface area contributed by atoms with Crippen LogP contribution in [0.3, 0.4) is 0 Å². The van der Waals surface area contributed by atoms with Gasteiger partial charge in [-0.25, -0.2) is 0 Å². The molecule has 0 bridgehead atoms. The van der Waals surface area contributed by atoms with Crippen molar-refractivity contribution in [2.45, 2.75) is 57.5 Å². The number of hydrogen-bond acceptors (Lipinski definition) is 3. The summed E-state index contributed by atoms with van der Waals surface area (Å²) in [6.45, 7) is 0. The molecule has 1 amide bonds. The molecule has 2 aliphatic carbocycles. The zero-order valence-corrected chi connectivity index (χ0v) is 14.8. The molecule has 2 aliphatic rings. The highest BCUT2D eigenvalue weighted by Gasteiger charge is 2.24. The third kappa shape index (κ3) is 3.41. The fourth-order valence-electron chi connectivity index (χ4n) is 3.97. The van der Waals surface area contributed by atoms with Crippen LogP contribution in [0.1, 0.15) is 60.3 Å². The Bertz CT molecular complexity index is 758. The average Bonchev–Trinajstić information content (AvgIpc) is 3.23. The summed E-state index contributed by atoms with van der Waals surface area (Å²) in [6, 6.07) is 7.69. The van der Waals surface area contributed by atoms with Gasteiger partial charge in [-0.05, 0) is 75.6 Å². The van der Waals surface area contributed by atoms with Crippen molar-refractivity contribution in [3.8, 4) is 5.75 Å². The van der Waals surface area contributed by atoms with E-state index in [1.54, 1.807) is 4.68 Å². The maximum Gasteiger partial charge on any atom is 0.274 e. The van der Waals surface area contributed by atoms with Crippen molar-refractivity contribution in [2.24, 2.45) is 7.05 Å². The number of aromatic nitrogens is 2. The fraction of sp³-hybridized carbons (Fsp3) is 0.500. The molecule has 0 radical (unpaired) electrons. The number of benzene rings is 1. The number of carbonyl (C=O) groups is 1. The Balaban J connectivity index is 1.45.